The van der Waals surface area contributed by atoms with Crippen molar-refractivity contribution in [2.75, 3.05) is 19.5 Å². The van der Waals surface area contributed by atoms with Crippen molar-refractivity contribution in [3.05, 3.63) is 24.3 Å². The van der Waals surface area contributed by atoms with E-state index in [2.05, 4.69) is 40.3 Å². The molecule has 19 heavy (non-hydrogen) atoms. The maximum absolute atomic E-state index is 5.87. The first kappa shape index (κ1) is 14.3. The zero-order chi connectivity index (χ0) is 13.8. The van der Waals surface area contributed by atoms with E-state index < -0.39 is 0 Å². The number of alkyl halides is 1. The van der Waals surface area contributed by atoms with Gasteiger partial charge in [-0.2, -0.15) is 0 Å². The summed E-state index contributed by atoms with van der Waals surface area (Å²) in [4.78, 5) is 11.1. The molecular weight excluding hydrogens is 260 g/mol. The van der Waals surface area contributed by atoms with Crippen LogP contribution in [0.4, 0.5) is 0 Å². The van der Waals surface area contributed by atoms with Crippen LogP contribution in [0, 0.1) is 0 Å². The Kier molecular flexibility index (Phi) is 4.77. The average molecular weight is 281 g/mol. The maximum atomic E-state index is 5.87. The lowest BCUT2D eigenvalue weighted by Crippen LogP contribution is -2.30. The van der Waals surface area contributed by atoms with Crippen molar-refractivity contribution < 1.29 is 0 Å². The Morgan fingerprint density at radius 1 is 1.42 bits per heavy atom. The van der Waals surface area contributed by atoms with Crippen LogP contribution in [0.2, 0.25) is 0 Å². The third-order valence-corrected chi connectivity index (χ3v) is 3.69. The van der Waals surface area contributed by atoms with Crippen molar-refractivity contribution >= 4 is 22.6 Å². The predicted octanol–water partition coefficient (Wildman–Crippen LogP) is 2.55. The van der Waals surface area contributed by atoms with Crippen LogP contribution in [0.5, 0.6) is 0 Å². The van der Waals surface area contributed by atoms with Crippen molar-refractivity contribution in [1.82, 2.24) is 19.4 Å². The van der Waals surface area contributed by atoms with Crippen molar-refractivity contribution in [1.29, 1.82) is 0 Å². The van der Waals surface area contributed by atoms with Gasteiger partial charge in [0, 0.05) is 37.6 Å². The Balaban J connectivity index is 2.26. The highest BCUT2D eigenvalue weighted by molar-refractivity contribution is 6.17. The van der Waals surface area contributed by atoms with Crippen LogP contribution in [0.3, 0.4) is 0 Å². The molecule has 0 aliphatic carbocycles. The third kappa shape index (κ3) is 3.25. The van der Waals surface area contributed by atoms with Crippen LogP contribution in [0.15, 0.2) is 18.5 Å². The van der Waals surface area contributed by atoms with Gasteiger partial charge >= 0.3 is 0 Å². The SMILES string of the molecule is CC(C)N(C)CCn1c(CCCl)nc2cnccc21. The summed E-state index contributed by atoms with van der Waals surface area (Å²) in [5, 5.41) is 0. The summed E-state index contributed by atoms with van der Waals surface area (Å²) in [5.74, 6) is 1.65. The van der Waals surface area contributed by atoms with Gasteiger partial charge in [0.05, 0.1) is 11.7 Å². The monoisotopic (exact) mass is 280 g/mol. The van der Waals surface area contributed by atoms with Gasteiger partial charge in [0.2, 0.25) is 0 Å². The lowest BCUT2D eigenvalue weighted by Gasteiger charge is -2.21. The first-order chi connectivity index (χ1) is 9.13. The molecule has 0 radical (unpaired) electrons. The highest BCUT2D eigenvalue weighted by Gasteiger charge is 2.11. The number of fused-ring (bicyclic) bond motifs is 1. The van der Waals surface area contributed by atoms with Crippen LogP contribution >= 0.6 is 11.6 Å². The van der Waals surface area contributed by atoms with Gasteiger partial charge in [-0.1, -0.05) is 0 Å². The van der Waals surface area contributed by atoms with Gasteiger partial charge in [-0.25, -0.2) is 4.98 Å². The molecule has 104 valence electrons. The lowest BCUT2D eigenvalue weighted by atomic mass is 10.3. The van der Waals surface area contributed by atoms with Crippen molar-refractivity contribution in [2.45, 2.75) is 32.9 Å². The van der Waals surface area contributed by atoms with Crippen LogP contribution in [-0.4, -0.2) is 44.9 Å². The van der Waals surface area contributed by atoms with Gasteiger partial charge in [-0.05, 0) is 27.0 Å². The fraction of sp³-hybridized carbons (Fsp3) is 0.571. The molecule has 0 bridgehead atoms. The smallest absolute Gasteiger partial charge is 0.111 e. The van der Waals surface area contributed by atoms with Crippen LogP contribution < -0.4 is 0 Å². The second-order valence-corrected chi connectivity index (χ2v) is 5.44. The highest BCUT2D eigenvalue weighted by Crippen LogP contribution is 2.16. The fourth-order valence-corrected chi connectivity index (χ4v) is 2.24. The quantitative estimate of drug-likeness (QED) is 0.763. The Morgan fingerprint density at radius 2 is 2.21 bits per heavy atom. The molecule has 0 saturated heterocycles. The summed E-state index contributed by atoms with van der Waals surface area (Å²) in [6.07, 6.45) is 4.43. The minimum Gasteiger partial charge on any atom is -0.327 e. The minimum absolute atomic E-state index is 0.549. The zero-order valence-electron chi connectivity index (χ0n) is 11.8. The van der Waals surface area contributed by atoms with Gasteiger partial charge in [0.1, 0.15) is 11.3 Å². The average Bonchev–Trinajstić information content (AvgIpc) is 2.74. The Morgan fingerprint density at radius 3 is 2.89 bits per heavy atom. The van der Waals surface area contributed by atoms with Gasteiger partial charge < -0.3 is 9.47 Å². The van der Waals surface area contributed by atoms with E-state index in [0.29, 0.717) is 11.9 Å². The van der Waals surface area contributed by atoms with E-state index in [-0.39, 0.29) is 0 Å². The van der Waals surface area contributed by atoms with Crippen LogP contribution in [0.25, 0.3) is 11.0 Å². The topological polar surface area (TPSA) is 34.0 Å². The van der Waals surface area contributed by atoms with Crippen molar-refractivity contribution in [3.63, 3.8) is 0 Å². The Labute approximate surface area is 119 Å². The number of aryl methyl sites for hydroxylation is 1. The predicted molar refractivity (Wildman–Crippen MR) is 79.7 cm³/mol. The molecule has 5 heteroatoms. The molecule has 4 nitrogen and oxygen atoms in total. The molecule has 2 aromatic heterocycles. The molecular formula is C14H21ClN4. The number of nitrogens with zero attached hydrogens (tertiary/aromatic N) is 4. The first-order valence-electron chi connectivity index (χ1n) is 6.68. The zero-order valence-corrected chi connectivity index (χ0v) is 12.6. The van der Waals surface area contributed by atoms with Crippen LogP contribution in [0.1, 0.15) is 19.7 Å². The number of rotatable bonds is 6. The molecule has 0 fully saturated rings. The number of likely N-dealkylation sites (N-methyl/N-ethyl adjacent to an activating group) is 1. The van der Waals surface area contributed by atoms with Gasteiger partial charge in [0.15, 0.2) is 0 Å². The number of hydrogen-bond donors (Lipinski definition) is 0. The molecule has 0 aliphatic heterocycles. The van der Waals surface area contributed by atoms with Crippen molar-refractivity contribution in [3.8, 4) is 0 Å². The third-order valence-electron chi connectivity index (χ3n) is 3.51. The standard InChI is InChI=1S/C14H21ClN4/c1-11(2)18(3)8-9-19-13-5-7-16-10-12(13)17-14(19)4-6-15/h5,7,10-11H,4,6,8-9H2,1-3H3. The molecule has 2 heterocycles. The molecule has 0 atom stereocenters. The summed E-state index contributed by atoms with van der Waals surface area (Å²) in [5.41, 5.74) is 2.10. The van der Waals surface area contributed by atoms with E-state index in [0.717, 1.165) is 36.4 Å². The molecule has 0 aliphatic rings. The summed E-state index contributed by atoms with van der Waals surface area (Å²) >= 11 is 5.87. The Hall–Kier alpha value is -1.13. The number of pyridine rings is 1. The van der Waals surface area contributed by atoms with Gasteiger partial charge in [-0.3, -0.25) is 4.98 Å². The summed E-state index contributed by atoms with van der Waals surface area (Å²) in [6, 6.07) is 2.57. The normalized spacial score (nSPS) is 11.9. The van der Waals surface area contributed by atoms with E-state index in [1.807, 2.05) is 18.5 Å². The van der Waals surface area contributed by atoms with Gasteiger partial charge in [-0.15, -0.1) is 11.6 Å². The summed E-state index contributed by atoms with van der Waals surface area (Å²) in [7, 11) is 2.15. The molecule has 0 amide bonds. The Bertz CT molecular complexity index is 535. The number of imidazole rings is 1. The first-order valence-corrected chi connectivity index (χ1v) is 7.22. The highest BCUT2D eigenvalue weighted by atomic mass is 35.5. The number of hydrogen-bond acceptors (Lipinski definition) is 3. The van der Waals surface area contributed by atoms with Gasteiger partial charge in [0.25, 0.3) is 0 Å². The van der Waals surface area contributed by atoms with E-state index in [4.69, 9.17) is 11.6 Å². The molecule has 2 aromatic rings. The molecule has 0 saturated carbocycles. The van der Waals surface area contributed by atoms with E-state index in [1.54, 1.807) is 0 Å². The molecule has 0 aromatic carbocycles. The molecule has 2 rings (SSSR count). The maximum Gasteiger partial charge on any atom is 0.111 e. The second kappa shape index (κ2) is 6.35. The molecule has 0 spiro atoms. The van der Waals surface area contributed by atoms with Crippen molar-refractivity contribution in [2.24, 2.45) is 0 Å². The van der Waals surface area contributed by atoms with E-state index >= 15 is 0 Å². The summed E-state index contributed by atoms with van der Waals surface area (Å²) in [6.45, 7) is 6.34. The van der Waals surface area contributed by atoms with E-state index in [9.17, 15) is 0 Å². The second-order valence-electron chi connectivity index (χ2n) is 5.06. The van der Waals surface area contributed by atoms with E-state index in [1.165, 1.54) is 0 Å². The number of halogens is 1. The minimum atomic E-state index is 0.549. The summed E-state index contributed by atoms with van der Waals surface area (Å²) < 4.78 is 2.26. The number of aromatic nitrogens is 3. The van der Waals surface area contributed by atoms with Crippen LogP contribution in [-0.2, 0) is 13.0 Å². The largest absolute Gasteiger partial charge is 0.327 e. The molecule has 0 unspecified atom stereocenters. The molecule has 0 N–H and O–H groups in total. The lowest BCUT2D eigenvalue weighted by molar-refractivity contribution is 0.263. The fourth-order valence-electron chi connectivity index (χ4n) is 2.07.